The van der Waals surface area contributed by atoms with Crippen LogP contribution in [0, 0.1) is 0 Å². The van der Waals surface area contributed by atoms with E-state index in [2.05, 4.69) is 140 Å². The first kappa shape index (κ1) is 28.7. The Bertz CT molecular complexity index is 2390. The summed E-state index contributed by atoms with van der Waals surface area (Å²) in [7, 11) is 0. The maximum absolute atomic E-state index is 5.12. The Labute approximate surface area is 286 Å². The molecule has 0 atom stereocenters. The van der Waals surface area contributed by atoms with Crippen molar-refractivity contribution >= 4 is 0 Å². The molecule has 1 heterocycles. The highest BCUT2D eigenvalue weighted by molar-refractivity contribution is 5.88. The van der Waals surface area contributed by atoms with Crippen LogP contribution in [0.4, 0.5) is 0 Å². The molecule has 0 amide bonds. The van der Waals surface area contributed by atoms with Crippen molar-refractivity contribution in [2.75, 3.05) is 0 Å². The number of rotatable bonds is 6. The largest absolute Gasteiger partial charge is 0.208 e. The van der Waals surface area contributed by atoms with E-state index in [0.29, 0.717) is 17.5 Å². The Morgan fingerprint density at radius 3 is 1.39 bits per heavy atom. The molecule has 0 fully saturated rings. The lowest BCUT2D eigenvalue weighted by molar-refractivity contribution is 1.07. The minimum Gasteiger partial charge on any atom is -0.208 e. The van der Waals surface area contributed by atoms with Crippen molar-refractivity contribution in [2.24, 2.45) is 0 Å². The van der Waals surface area contributed by atoms with Gasteiger partial charge in [-0.25, -0.2) is 15.0 Å². The van der Waals surface area contributed by atoms with Crippen molar-refractivity contribution in [1.82, 2.24) is 15.0 Å². The molecule has 49 heavy (non-hydrogen) atoms. The molecule has 230 valence electrons. The molecule has 0 radical (unpaired) electrons. The normalized spacial score (nSPS) is 11.6. The van der Waals surface area contributed by atoms with E-state index >= 15 is 0 Å². The van der Waals surface area contributed by atoms with Gasteiger partial charge in [-0.3, -0.25) is 0 Å². The predicted octanol–water partition coefficient (Wildman–Crippen LogP) is 11.4. The Morgan fingerprint density at radius 1 is 0.286 bits per heavy atom. The molecule has 8 aromatic rings. The number of benzene rings is 7. The molecule has 0 N–H and O–H groups in total. The van der Waals surface area contributed by atoms with Crippen molar-refractivity contribution in [1.29, 1.82) is 0 Å². The number of fused-ring (bicyclic) bond motifs is 3. The quantitative estimate of drug-likeness (QED) is 0.185. The summed E-state index contributed by atoms with van der Waals surface area (Å²) < 4.78 is 0. The second kappa shape index (κ2) is 12.3. The number of aromatic nitrogens is 3. The minimum absolute atomic E-state index is 0.644. The lowest BCUT2D eigenvalue weighted by Gasteiger charge is -2.15. The molecule has 0 saturated carbocycles. The van der Waals surface area contributed by atoms with Gasteiger partial charge in [-0.1, -0.05) is 152 Å². The van der Waals surface area contributed by atoms with Crippen LogP contribution in [-0.4, -0.2) is 15.0 Å². The highest BCUT2D eigenvalue weighted by atomic mass is 15.0. The molecule has 0 bridgehead atoms. The first-order valence-corrected chi connectivity index (χ1v) is 16.7. The summed E-state index contributed by atoms with van der Waals surface area (Å²) in [6, 6.07) is 61.9. The molecular formula is C46H31N3. The van der Waals surface area contributed by atoms with Gasteiger partial charge in [0, 0.05) is 16.7 Å². The summed E-state index contributed by atoms with van der Waals surface area (Å²) in [5, 5.41) is 0. The summed E-state index contributed by atoms with van der Waals surface area (Å²) >= 11 is 0. The van der Waals surface area contributed by atoms with Crippen LogP contribution in [0.2, 0.25) is 0 Å². The van der Waals surface area contributed by atoms with Crippen LogP contribution in [0.1, 0.15) is 11.1 Å². The third-order valence-corrected chi connectivity index (χ3v) is 9.36. The molecule has 3 nitrogen and oxygen atoms in total. The van der Waals surface area contributed by atoms with Gasteiger partial charge in [0.2, 0.25) is 0 Å². The van der Waals surface area contributed by atoms with Crippen LogP contribution in [0.3, 0.4) is 0 Å². The predicted molar refractivity (Wildman–Crippen MR) is 201 cm³/mol. The van der Waals surface area contributed by atoms with Crippen LogP contribution in [0.15, 0.2) is 176 Å². The van der Waals surface area contributed by atoms with E-state index in [1.165, 1.54) is 38.9 Å². The summed E-state index contributed by atoms with van der Waals surface area (Å²) in [6.45, 7) is 0. The van der Waals surface area contributed by atoms with E-state index in [-0.39, 0.29) is 0 Å². The molecule has 1 aromatic heterocycles. The van der Waals surface area contributed by atoms with Gasteiger partial charge < -0.3 is 0 Å². The third kappa shape index (κ3) is 5.52. The molecule has 7 aromatic carbocycles. The fourth-order valence-electron chi connectivity index (χ4n) is 6.95. The second-order valence-corrected chi connectivity index (χ2v) is 12.4. The average molecular weight is 626 g/mol. The van der Waals surface area contributed by atoms with E-state index in [1.54, 1.807) is 0 Å². The Morgan fingerprint density at radius 2 is 0.714 bits per heavy atom. The van der Waals surface area contributed by atoms with Gasteiger partial charge in [-0.05, 0) is 86.3 Å². The standard InChI is InChI=1S/C46H31N3/c1-4-14-31(15-5-1)34-21-12-22-35(26-34)37-27-38(41-24-13-25-42-40-23-11-10-20-36(40)30-43(41)42)29-39(28-37)46-48-44(32-16-6-2-7-17-32)47-45(49-46)33-18-8-3-9-19-33/h1-29H,30H2. The number of hydrogen-bond acceptors (Lipinski definition) is 3. The van der Waals surface area contributed by atoms with Gasteiger partial charge in [0.25, 0.3) is 0 Å². The number of nitrogens with zero attached hydrogens (tertiary/aromatic N) is 3. The first-order chi connectivity index (χ1) is 24.3. The smallest absolute Gasteiger partial charge is 0.164 e. The fourth-order valence-corrected chi connectivity index (χ4v) is 6.95. The summed E-state index contributed by atoms with van der Waals surface area (Å²) in [5.74, 6) is 1.95. The maximum Gasteiger partial charge on any atom is 0.164 e. The van der Waals surface area contributed by atoms with Crippen molar-refractivity contribution in [3.8, 4) is 78.7 Å². The zero-order valence-electron chi connectivity index (χ0n) is 26.8. The fraction of sp³-hybridized carbons (Fsp3) is 0.0217. The average Bonchev–Trinajstić information content (AvgIpc) is 3.58. The maximum atomic E-state index is 5.12. The van der Waals surface area contributed by atoms with E-state index in [9.17, 15) is 0 Å². The van der Waals surface area contributed by atoms with Gasteiger partial charge in [0.15, 0.2) is 17.5 Å². The lowest BCUT2D eigenvalue weighted by atomic mass is 9.91. The van der Waals surface area contributed by atoms with Crippen molar-refractivity contribution in [3.05, 3.63) is 187 Å². The Balaban J connectivity index is 1.27. The van der Waals surface area contributed by atoms with Crippen LogP contribution in [0.25, 0.3) is 78.7 Å². The number of hydrogen-bond donors (Lipinski definition) is 0. The van der Waals surface area contributed by atoms with Gasteiger partial charge >= 0.3 is 0 Å². The molecule has 9 rings (SSSR count). The second-order valence-electron chi connectivity index (χ2n) is 12.4. The highest BCUT2D eigenvalue weighted by Gasteiger charge is 2.22. The third-order valence-electron chi connectivity index (χ3n) is 9.36. The van der Waals surface area contributed by atoms with Gasteiger partial charge in [0.05, 0.1) is 0 Å². The zero-order chi connectivity index (χ0) is 32.6. The first-order valence-electron chi connectivity index (χ1n) is 16.7. The Kier molecular flexibility index (Phi) is 7.21. The van der Waals surface area contributed by atoms with Crippen LogP contribution >= 0.6 is 0 Å². The highest BCUT2D eigenvalue weighted by Crippen LogP contribution is 2.43. The molecule has 1 aliphatic rings. The monoisotopic (exact) mass is 625 g/mol. The molecular weight excluding hydrogens is 595 g/mol. The van der Waals surface area contributed by atoms with Crippen LogP contribution in [0.5, 0.6) is 0 Å². The SMILES string of the molecule is c1ccc(-c2cccc(-c3cc(-c4nc(-c5ccccc5)nc(-c5ccccc5)n4)cc(-c4cccc5c4Cc4ccccc4-5)c3)c2)cc1. The van der Waals surface area contributed by atoms with Gasteiger partial charge in [-0.15, -0.1) is 0 Å². The van der Waals surface area contributed by atoms with E-state index in [0.717, 1.165) is 39.8 Å². The topological polar surface area (TPSA) is 38.7 Å². The van der Waals surface area contributed by atoms with Crippen LogP contribution in [-0.2, 0) is 6.42 Å². The van der Waals surface area contributed by atoms with Crippen molar-refractivity contribution in [2.45, 2.75) is 6.42 Å². The van der Waals surface area contributed by atoms with E-state index in [1.807, 2.05) is 36.4 Å². The molecule has 1 aliphatic carbocycles. The molecule has 0 aliphatic heterocycles. The van der Waals surface area contributed by atoms with Crippen LogP contribution < -0.4 is 0 Å². The summed E-state index contributed by atoms with van der Waals surface area (Å²) in [5.41, 5.74) is 15.2. The molecule has 3 heteroatoms. The molecule has 0 spiro atoms. The minimum atomic E-state index is 0.644. The van der Waals surface area contributed by atoms with Crippen molar-refractivity contribution < 1.29 is 0 Å². The molecule has 0 unspecified atom stereocenters. The summed E-state index contributed by atoms with van der Waals surface area (Å²) in [4.78, 5) is 15.2. The van der Waals surface area contributed by atoms with Gasteiger partial charge in [0.1, 0.15) is 0 Å². The molecule has 0 saturated heterocycles. The van der Waals surface area contributed by atoms with E-state index < -0.39 is 0 Å². The lowest BCUT2D eigenvalue weighted by Crippen LogP contribution is -2.00. The van der Waals surface area contributed by atoms with Crippen molar-refractivity contribution in [3.63, 3.8) is 0 Å². The Hall–Kier alpha value is -6.45. The summed E-state index contributed by atoms with van der Waals surface area (Å²) in [6.07, 6.45) is 0.910. The zero-order valence-corrected chi connectivity index (χ0v) is 26.8. The van der Waals surface area contributed by atoms with E-state index in [4.69, 9.17) is 15.0 Å². The van der Waals surface area contributed by atoms with Gasteiger partial charge in [-0.2, -0.15) is 0 Å².